The van der Waals surface area contributed by atoms with Gasteiger partial charge in [0.15, 0.2) is 0 Å². The van der Waals surface area contributed by atoms with Gasteiger partial charge in [0.25, 0.3) is 0 Å². The van der Waals surface area contributed by atoms with Crippen molar-refractivity contribution in [1.29, 1.82) is 0 Å². The molecule has 1 N–H and O–H groups in total. The second-order valence-corrected chi connectivity index (χ2v) is 11.9. The first-order valence-electron chi connectivity index (χ1n) is 13.7. The lowest BCUT2D eigenvalue weighted by Crippen LogP contribution is -2.78. The quantitative estimate of drug-likeness (QED) is 0.650. The average Bonchev–Trinajstić information content (AvgIpc) is 3.61. The molecular weight excluding hydrogens is 448 g/mol. The minimum absolute atomic E-state index is 0.0124. The third-order valence-corrected chi connectivity index (χ3v) is 9.94. The van der Waals surface area contributed by atoms with E-state index in [0.29, 0.717) is 6.42 Å². The Morgan fingerprint density at radius 1 is 1.19 bits per heavy atom. The van der Waals surface area contributed by atoms with E-state index in [2.05, 4.69) is 42.2 Å². The van der Waals surface area contributed by atoms with E-state index in [0.717, 1.165) is 49.6 Å². The van der Waals surface area contributed by atoms with Gasteiger partial charge in [0, 0.05) is 31.3 Å². The van der Waals surface area contributed by atoms with Crippen LogP contribution in [0.2, 0.25) is 0 Å². The minimum Gasteiger partial charge on any atom is -0.487 e. The van der Waals surface area contributed by atoms with Gasteiger partial charge in [-0.25, -0.2) is 0 Å². The summed E-state index contributed by atoms with van der Waals surface area (Å²) in [6, 6.07) is 14.6. The number of carbonyl (C=O) groups excluding carboxylic acids is 1. The number of nitrogens with zero attached hydrogens (tertiary/aromatic N) is 2. The highest BCUT2D eigenvalue weighted by Gasteiger charge is 2.73. The number of amides is 1. The van der Waals surface area contributed by atoms with Crippen molar-refractivity contribution < 1.29 is 14.6 Å². The SMILES string of the molecule is Cc1cccc(/C=C/C(=O)N(C)C2CC[C@@]3(O)[C@H]4Cc5cccc6c5[C@@]3(CCN4CC3CC3)C2O6)c1. The number of aliphatic hydroxyl groups is 1. The van der Waals surface area contributed by atoms with Crippen LogP contribution >= 0.6 is 0 Å². The molecule has 2 bridgehead atoms. The van der Waals surface area contributed by atoms with Gasteiger partial charge in [-0.2, -0.15) is 0 Å². The number of rotatable bonds is 5. The highest BCUT2D eigenvalue weighted by atomic mass is 16.5. The fourth-order valence-corrected chi connectivity index (χ4v) is 8.04. The van der Waals surface area contributed by atoms with E-state index in [1.165, 1.54) is 29.5 Å². The zero-order valence-electron chi connectivity index (χ0n) is 21.3. The first-order chi connectivity index (χ1) is 17.4. The van der Waals surface area contributed by atoms with E-state index in [-0.39, 0.29) is 24.1 Å². The predicted molar refractivity (Wildman–Crippen MR) is 140 cm³/mol. The molecule has 2 heterocycles. The number of likely N-dealkylation sites (tertiary alicyclic amines) is 1. The standard InChI is InChI=1S/C31H36N2O3/c1-20-5-3-6-21(17-20)11-12-27(34)32(2)24-13-14-31(35)26-18-23-7-4-8-25-28(23)30(31,29(24)36-25)15-16-33(26)19-22-9-10-22/h3-8,11-12,17,22,24,26,29,35H,9-10,13-16,18-19H2,1-2H3/b12-11+/t24?,26-,29?,30+,31-/m1/s1. The van der Waals surface area contributed by atoms with Crippen LogP contribution in [0.15, 0.2) is 48.5 Å². The molecule has 5 aliphatic rings. The van der Waals surface area contributed by atoms with Gasteiger partial charge in [0.2, 0.25) is 5.91 Å². The maximum atomic E-state index is 13.4. The number of piperidine rings is 1. The van der Waals surface area contributed by atoms with Gasteiger partial charge in [0.1, 0.15) is 11.9 Å². The van der Waals surface area contributed by atoms with Gasteiger partial charge in [0.05, 0.1) is 17.1 Å². The highest BCUT2D eigenvalue weighted by Crippen LogP contribution is 2.64. The van der Waals surface area contributed by atoms with Gasteiger partial charge in [-0.15, -0.1) is 0 Å². The summed E-state index contributed by atoms with van der Waals surface area (Å²) >= 11 is 0. The summed E-state index contributed by atoms with van der Waals surface area (Å²) < 4.78 is 6.74. The van der Waals surface area contributed by atoms with Crippen LogP contribution in [0.3, 0.4) is 0 Å². The molecule has 5 heteroatoms. The molecule has 0 aromatic heterocycles. The number of carbonyl (C=O) groups is 1. The Bertz CT molecular complexity index is 1250. The second-order valence-electron chi connectivity index (χ2n) is 11.9. The van der Waals surface area contributed by atoms with Crippen molar-refractivity contribution in [3.63, 3.8) is 0 Å². The molecule has 36 heavy (non-hydrogen) atoms. The lowest BCUT2D eigenvalue weighted by atomic mass is 9.48. The molecule has 1 saturated heterocycles. The van der Waals surface area contributed by atoms with E-state index in [9.17, 15) is 9.90 Å². The van der Waals surface area contributed by atoms with Crippen molar-refractivity contribution in [3.8, 4) is 5.75 Å². The van der Waals surface area contributed by atoms with Gasteiger partial charge >= 0.3 is 0 Å². The Hall–Kier alpha value is -2.63. The molecule has 3 aliphatic carbocycles. The zero-order valence-corrected chi connectivity index (χ0v) is 21.3. The number of hydrogen-bond acceptors (Lipinski definition) is 4. The second kappa shape index (κ2) is 7.93. The van der Waals surface area contributed by atoms with Crippen LogP contribution in [-0.4, -0.2) is 64.7 Å². The van der Waals surface area contributed by atoms with Crippen LogP contribution in [0.4, 0.5) is 0 Å². The average molecular weight is 485 g/mol. The van der Waals surface area contributed by atoms with Gasteiger partial charge in [-0.05, 0) is 81.2 Å². The Balaban J connectivity index is 1.23. The first kappa shape index (κ1) is 22.6. The molecule has 2 aromatic rings. The topological polar surface area (TPSA) is 53.0 Å². The van der Waals surface area contributed by atoms with E-state index in [1.807, 2.05) is 30.2 Å². The molecule has 188 valence electrons. The van der Waals surface area contributed by atoms with E-state index in [1.54, 1.807) is 6.08 Å². The Morgan fingerprint density at radius 3 is 2.83 bits per heavy atom. The van der Waals surface area contributed by atoms with Crippen LogP contribution in [-0.2, 0) is 16.6 Å². The molecule has 2 saturated carbocycles. The zero-order chi connectivity index (χ0) is 24.7. The monoisotopic (exact) mass is 484 g/mol. The molecular formula is C31H36N2O3. The van der Waals surface area contributed by atoms with Crippen LogP contribution in [0.5, 0.6) is 5.75 Å². The van der Waals surface area contributed by atoms with Crippen molar-refractivity contribution in [3.05, 3.63) is 70.8 Å². The van der Waals surface area contributed by atoms with Crippen molar-refractivity contribution in [2.75, 3.05) is 20.1 Å². The van der Waals surface area contributed by atoms with E-state index in [4.69, 9.17) is 4.74 Å². The predicted octanol–water partition coefficient (Wildman–Crippen LogP) is 4.10. The first-order valence-corrected chi connectivity index (χ1v) is 13.7. The fraction of sp³-hybridized carbons (Fsp3) is 0.516. The van der Waals surface area contributed by atoms with E-state index >= 15 is 0 Å². The van der Waals surface area contributed by atoms with Crippen LogP contribution in [0.25, 0.3) is 6.08 Å². The molecule has 2 aliphatic heterocycles. The normalized spacial score (nSPS) is 34.4. The van der Waals surface area contributed by atoms with Gasteiger partial charge < -0.3 is 14.7 Å². The number of benzene rings is 2. The van der Waals surface area contributed by atoms with Crippen molar-refractivity contribution in [2.45, 2.75) is 74.7 Å². The van der Waals surface area contributed by atoms with Crippen LogP contribution in [0.1, 0.15) is 54.4 Å². The summed E-state index contributed by atoms with van der Waals surface area (Å²) in [4.78, 5) is 17.8. The summed E-state index contributed by atoms with van der Waals surface area (Å²) in [5, 5.41) is 12.6. The molecule has 2 unspecified atom stereocenters. The maximum Gasteiger partial charge on any atom is 0.246 e. The van der Waals surface area contributed by atoms with Gasteiger partial charge in [-0.1, -0.05) is 42.0 Å². The summed E-state index contributed by atoms with van der Waals surface area (Å²) in [5.74, 6) is 1.71. The van der Waals surface area contributed by atoms with E-state index < -0.39 is 11.0 Å². The third-order valence-electron chi connectivity index (χ3n) is 9.94. The number of aryl methyl sites for hydroxylation is 1. The summed E-state index contributed by atoms with van der Waals surface area (Å²) in [5.41, 5.74) is 3.51. The lowest BCUT2D eigenvalue weighted by Gasteiger charge is -2.64. The molecule has 5 atom stereocenters. The van der Waals surface area contributed by atoms with Gasteiger partial charge in [-0.3, -0.25) is 9.69 Å². The molecule has 1 amide bonds. The minimum atomic E-state index is -0.817. The highest BCUT2D eigenvalue weighted by molar-refractivity contribution is 5.92. The maximum absolute atomic E-state index is 13.4. The number of hydrogen-bond donors (Lipinski definition) is 1. The fourth-order valence-electron chi connectivity index (χ4n) is 8.04. The smallest absolute Gasteiger partial charge is 0.246 e. The molecule has 0 radical (unpaired) electrons. The Labute approximate surface area is 213 Å². The van der Waals surface area contributed by atoms with Crippen LogP contribution < -0.4 is 4.74 Å². The molecule has 5 nitrogen and oxygen atoms in total. The Kier molecular flexibility index (Phi) is 4.97. The summed E-state index contributed by atoms with van der Waals surface area (Å²) in [6.45, 7) is 4.16. The Morgan fingerprint density at radius 2 is 2.03 bits per heavy atom. The molecule has 2 aromatic carbocycles. The van der Waals surface area contributed by atoms with Crippen molar-refractivity contribution in [1.82, 2.24) is 9.80 Å². The third kappa shape index (κ3) is 3.12. The molecule has 1 spiro atoms. The van der Waals surface area contributed by atoms with Crippen molar-refractivity contribution in [2.24, 2.45) is 5.92 Å². The largest absolute Gasteiger partial charge is 0.487 e. The summed E-state index contributed by atoms with van der Waals surface area (Å²) in [6.07, 6.45) is 9.24. The van der Waals surface area contributed by atoms with Crippen molar-refractivity contribution >= 4 is 12.0 Å². The summed E-state index contributed by atoms with van der Waals surface area (Å²) in [7, 11) is 1.91. The molecule has 7 rings (SSSR count). The molecule has 3 fully saturated rings. The number of likely N-dealkylation sites (N-methyl/N-ethyl adjacent to an activating group) is 1. The lowest BCUT2D eigenvalue weighted by molar-refractivity contribution is -0.200. The van der Waals surface area contributed by atoms with Crippen LogP contribution in [0, 0.1) is 12.8 Å². The number of ether oxygens (including phenoxy) is 1.